The van der Waals surface area contributed by atoms with Crippen LogP contribution < -0.4 is 16.1 Å². The average molecular weight is 861 g/mol. The Morgan fingerprint density at radius 2 is 1.62 bits per heavy atom. The minimum atomic E-state index is -2.98. The van der Waals surface area contributed by atoms with Crippen molar-refractivity contribution in [2.24, 2.45) is 17.3 Å². The highest BCUT2D eigenvalue weighted by molar-refractivity contribution is 14.1. The van der Waals surface area contributed by atoms with Crippen molar-refractivity contribution in [3.63, 3.8) is 0 Å². The molecule has 5 N–H and O–H groups in total. The van der Waals surface area contributed by atoms with Gasteiger partial charge in [-0.2, -0.15) is 18.9 Å². The van der Waals surface area contributed by atoms with Gasteiger partial charge in [0.25, 0.3) is 5.91 Å². The van der Waals surface area contributed by atoms with Crippen molar-refractivity contribution in [3.8, 4) is 11.3 Å². The first-order valence-electron chi connectivity index (χ1n) is 16.9. The maximum Gasteiger partial charge on any atom is 0.409 e. The van der Waals surface area contributed by atoms with Gasteiger partial charge in [-0.15, -0.1) is 0 Å². The van der Waals surface area contributed by atoms with Crippen molar-refractivity contribution in [1.29, 1.82) is 0 Å². The molecule has 53 heavy (non-hydrogen) atoms. The molecule has 3 amide bonds. The first-order valence-corrected chi connectivity index (χ1v) is 18.0. The second-order valence-corrected chi connectivity index (χ2v) is 16.4. The summed E-state index contributed by atoms with van der Waals surface area (Å²) in [5, 5.41) is 31.1. The van der Waals surface area contributed by atoms with Crippen molar-refractivity contribution < 1.29 is 46.9 Å². The molecule has 3 aromatic rings. The van der Waals surface area contributed by atoms with E-state index in [4.69, 9.17) is 4.74 Å². The van der Waals surface area contributed by atoms with E-state index in [0.29, 0.717) is 11.1 Å². The summed E-state index contributed by atoms with van der Waals surface area (Å²) in [6.45, 7) is 5.86. The number of hydrogen-bond acceptors (Lipinski definition) is 7. The summed E-state index contributed by atoms with van der Waals surface area (Å²) >= 11 is 2.17. The number of benzene rings is 2. The van der Waals surface area contributed by atoms with Gasteiger partial charge in [0, 0.05) is 20.9 Å². The number of hydrazine groups is 1. The van der Waals surface area contributed by atoms with Gasteiger partial charge >= 0.3 is 18.7 Å². The molecule has 4 rings (SSSR count). The highest BCUT2D eigenvalue weighted by Crippen LogP contribution is 2.41. The van der Waals surface area contributed by atoms with E-state index in [1.807, 2.05) is 24.3 Å². The minimum absolute atomic E-state index is 0.00145. The van der Waals surface area contributed by atoms with E-state index >= 15 is 8.78 Å². The fraction of sp³-hybridized carbons (Fsp3) is 0.500. The van der Waals surface area contributed by atoms with Crippen LogP contribution in [0.15, 0.2) is 48.7 Å². The van der Waals surface area contributed by atoms with Crippen molar-refractivity contribution >= 4 is 40.7 Å². The third-order valence-electron chi connectivity index (χ3n) is 8.60. The van der Waals surface area contributed by atoms with Crippen LogP contribution >= 0.6 is 22.6 Å². The molecular weight excluding hydrogens is 815 g/mol. The van der Waals surface area contributed by atoms with E-state index < -0.39 is 83.6 Å². The van der Waals surface area contributed by atoms with E-state index in [1.54, 1.807) is 41.5 Å². The fourth-order valence-electron chi connectivity index (χ4n) is 5.88. The Morgan fingerprint density at radius 3 is 2.11 bits per heavy atom. The summed E-state index contributed by atoms with van der Waals surface area (Å²) in [5.41, 5.74) is 0.507. The van der Waals surface area contributed by atoms with Crippen LogP contribution in [0, 0.1) is 32.5 Å². The lowest BCUT2D eigenvalue weighted by molar-refractivity contribution is -0.135. The lowest BCUT2D eigenvalue weighted by Gasteiger charge is -2.40. The van der Waals surface area contributed by atoms with Crippen molar-refractivity contribution in [2.75, 3.05) is 0 Å². The lowest BCUT2D eigenvalue weighted by atomic mass is 9.86. The van der Waals surface area contributed by atoms with Gasteiger partial charge in [-0.25, -0.2) is 23.1 Å². The zero-order valence-corrected chi connectivity index (χ0v) is 32.3. The van der Waals surface area contributed by atoms with Crippen LogP contribution in [-0.2, 0) is 22.5 Å². The number of alkyl halides is 2. The molecule has 1 fully saturated rings. The Hall–Kier alpha value is -3.97. The highest BCUT2D eigenvalue weighted by atomic mass is 127. The number of aromatic nitrogens is 2. The molecule has 0 spiro atoms. The van der Waals surface area contributed by atoms with Crippen LogP contribution in [0.5, 0.6) is 0 Å². The molecule has 2 unspecified atom stereocenters. The quantitative estimate of drug-likeness (QED) is 0.0512. The second-order valence-electron chi connectivity index (χ2n) is 15.1. The van der Waals surface area contributed by atoms with Gasteiger partial charge < -0.3 is 25.6 Å². The Kier molecular flexibility index (Phi) is 13.4. The molecule has 2 aromatic carbocycles. The first-order chi connectivity index (χ1) is 24.6. The molecule has 0 bridgehead atoms. The number of rotatable bonds is 14. The summed E-state index contributed by atoms with van der Waals surface area (Å²) in [5.74, 6) is -3.76. The number of nitrogens with one attached hydrogen (secondary N) is 3. The third kappa shape index (κ3) is 11.8. The molecule has 290 valence electrons. The van der Waals surface area contributed by atoms with Crippen molar-refractivity contribution in [3.05, 3.63) is 75.0 Å². The number of ether oxygens (including phenoxy) is 1. The van der Waals surface area contributed by atoms with E-state index in [-0.39, 0.29) is 17.2 Å². The summed E-state index contributed by atoms with van der Waals surface area (Å²) in [7, 11) is 0. The summed E-state index contributed by atoms with van der Waals surface area (Å²) in [6.07, 6.45) is -2.73. The zero-order chi connectivity index (χ0) is 39.4. The van der Waals surface area contributed by atoms with Crippen LogP contribution in [0.25, 0.3) is 11.3 Å². The average Bonchev–Trinajstić information content (AvgIpc) is 3.75. The topological polar surface area (TPSA) is 158 Å². The Bertz CT molecular complexity index is 1740. The number of hydrogen-bond donors (Lipinski definition) is 5. The SMILES string of the molecule is CC(C)(C)OC(=O)NC([C@@H](O)[C@@H](Cc1ccc(I)cc1)C1CC1)N(Cc1c(F)cc(-c2ccn(C(F)F)n2)cc1F)NC(=O)C(NC(=O)O)C(C)(C)C. The van der Waals surface area contributed by atoms with Gasteiger partial charge in [0.2, 0.25) is 0 Å². The standard InChI is InChI=1S/C36H45F4IN6O6/c1-35(2,3)29(42-33(50)51)31(49)45-47(18-24-25(37)16-21(17-26(24)38)27-13-14-46(44-27)32(39)40)30(43-34(52)53-36(4,5)6)28(48)23(20-9-10-20)15-19-7-11-22(41)12-8-19/h7-8,11-14,16-17,20,23,28-30,32,42,48H,9-10,15,18H2,1-6H3,(H,43,52)(H,45,49)(H,50,51)/t23-,28-,29?,30?/m0/s1. The molecular formula is C36H45F4IN6O6. The Morgan fingerprint density at radius 1 is 1.02 bits per heavy atom. The third-order valence-corrected chi connectivity index (χ3v) is 9.32. The molecule has 0 aliphatic heterocycles. The smallest absolute Gasteiger partial charge is 0.409 e. The predicted octanol–water partition coefficient (Wildman–Crippen LogP) is 6.82. The van der Waals surface area contributed by atoms with E-state index in [2.05, 4.69) is 43.7 Å². The molecule has 0 radical (unpaired) electrons. The summed E-state index contributed by atoms with van der Waals surface area (Å²) < 4.78 is 65.0. The lowest BCUT2D eigenvalue weighted by Crippen LogP contribution is -2.65. The predicted molar refractivity (Wildman–Crippen MR) is 195 cm³/mol. The minimum Gasteiger partial charge on any atom is -0.465 e. The number of alkyl carbamates (subject to hydrolysis) is 1. The number of aliphatic hydroxyl groups is 1. The molecule has 17 heteroatoms. The van der Waals surface area contributed by atoms with Gasteiger partial charge in [-0.1, -0.05) is 32.9 Å². The number of carbonyl (C=O) groups excluding carboxylic acids is 2. The fourth-order valence-corrected chi connectivity index (χ4v) is 6.24. The number of carbonyl (C=O) groups is 3. The molecule has 1 saturated carbocycles. The summed E-state index contributed by atoms with van der Waals surface area (Å²) in [6, 6.07) is 9.15. The monoisotopic (exact) mass is 860 g/mol. The normalized spacial score (nSPS) is 15.8. The van der Waals surface area contributed by atoms with Crippen LogP contribution in [0.4, 0.5) is 27.2 Å². The van der Waals surface area contributed by atoms with Gasteiger partial charge in [0.1, 0.15) is 29.4 Å². The number of amides is 3. The first kappa shape index (κ1) is 41.8. The Balaban J connectivity index is 1.81. The molecule has 1 aliphatic carbocycles. The van der Waals surface area contributed by atoms with Crippen LogP contribution in [-0.4, -0.2) is 67.0 Å². The maximum absolute atomic E-state index is 15.9. The van der Waals surface area contributed by atoms with Crippen molar-refractivity contribution in [2.45, 2.75) is 97.8 Å². The number of carboxylic acid groups (broad SMARTS) is 1. The van der Waals surface area contributed by atoms with Gasteiger partial charge in [-0.3, -0.25) is 10.2 Å². The van der Waals surface area contributed by atoms with Crippen LogP contribution in [0.3, 0.4) is 0 Å². The molecule has 1 aliphatic rings. The van der Waals surface area contributed by atoms with Gasteiger partial charge in [0.15, 0.2) is 0 Å². The zero-order valence-electron chi connectivity index (χ0n) is 30.2. The second kappa shape index (κ2) is 17.0. The van der Waals surface area contributed by atoms with E-state index in [0.717, 1.165) is 51.4 Å². The molecule has 12 nitrogen and oxygen atoms in total. The largest absolute Gasteiger partial charge is 0.465 e. The van der Waals surface area contributed by atoms with Gasteiger partial charge in [-0.05, 0) is 116 Å². The van der Waals surface area contributed by atoms with Crippen LogP contribution in [0.2, 0.25) is 0 Å². The summed E-state index contributed by atoms with van der Waals surface area (Å²) in [4.78, 5) is 39.0. The Labute approximate surface area is 318 Å². The number of nitrogens with zero attached hydrogens (tertiary/aromatic N) is 3. The molecule has 1 heterocycles. The van der Waals surface area contributed by atoms with Crippen molar-refractivity contribution in [1.82, 2.24) is 30.8 Å². The van der Waals surface area contributed by atoms with E-state index in [9.17, 15) is 33.4 Å². The molecule has 0 saturated heterocycles. The van der Waals surface area contributed by atoms with Crippen LogP contribution in [0.1, 0.15) is 72.1 Å². The number of aliphatic hydroxyl groups excluding tert-OH is 1. The highest BCUT2D eigenvalue weighted by Gasteiger charge is 2.44. The maximum atomic E-state index is 15.9. The number of halogens is 5. The molecule has 1 aromatic heterocycles. The van der Waals surface area contributed by atoms with Gasteiger partial charge in [0.05, 0.1) is 18.3 Å². The van der Waals surface area contributed by atoms with E-state index in [1.165, 1.54) is 0 Å². The molecule has 4 atom stereocenters.